The average Bonchev–Trinajstić information content (AvgIpc) is 3.55. The number of anilines is 2. The van der Waals surface area contributed by atoms with Gasteiger partial charge in [0.15, 0.2) is 0 Å². The van der Waals surface area contributed by atoms with Gasteiger partial charge in [0.2, 0.25) is 15.1 Å². The molecule has 7 nitrogen and oxygen atoms in total. The van der Waals surface area contributed by atoms with Crippen molar-refractivity contribution in [2.75, 3.05) is 5.32 Å². The van der Waals surface area contributed by atoms with Gasteiger partial charge in [0.25, 0.3) is 0 Å². The number of nitrogens with zero attached hydrogens (tertiary/aromatic N) is 2. The van der Waals surface area contributed by atoms with Crippen LogP contribution in [-0.4, -0.2) is 18.4 Å². The Bertz CT molecular complexity index is 1350. The molecular weight excluding hydrogens is 444 g/mol. The maximum absolute atomic E-state index is 11.4. The first kappa shape index (κ1) is 20.6. The number of nitrogens with two attached hydrogens (primary N) is 1. The summed E-state index contributed by atoms with van der Waals surface area (Å²) in [6.45, 7) is 0. The zero-order chi connectivity index (χ0) is 22.1. The molecule has 2 heterocycles. The Morgan fingerprint density at radius 1 is 1.03 bits per heavy atom. The van der Waals surface area contributed by atoms with Gasteiger partial charge in [-0.25, -0.2) is 23.5 Å². The molecule has 1 aliphatic carbocycles. The summed E-state index contributed by atoms with van der Waals surface area (Å²) < 4.78 is 29.1. The second kappa shape index (κ2) is 8.34. The highest BCUT2D eigenvalue weighted by molar-refractivity contribution is 7.89. The number of benzene rings is 2. The van der Waals surface area contributed by atoms with Crippen molar-refractivity contribution in [2.45, 2.75) is 23.7 Å². The van der Waals surface area contributed by atoms with E-state index in [-0.39, 0.29) is 4.90 Å². The van der Waals surface area contributed by atoms with Crippen LogP contribution in [0.1, 0.15) is 23.8 Å². The second-order valence-corrected chi connectivity index (χ2v) is 10.1. The van der Waals surface area contributed by atoms with Crippen LogP contribution < -0.4 is 15.2 Å². The summed E-state index contributed by atoms with van der Waals surface area (Å²) in [4.78, 5) is 9.24. The number of hydrogen-bond acceptors (Lipinski definition) is 7. The van der Waals surface area contributed by atoms with Crippen molar-refractivity contribution in [3.8, 4) is 22.1 Å². The average molecular weight is 465 g/mol. The van der Waals surface area contributed by atoms with E-state index in [9.17, 15) is 8.42 Å². The zero-order valence-corrected chi connectivity index (χ0v) is 18.6. The fraction of sp³-hybridized carbons (Fsp3) is 0.130. The summed E-state index contributed by atoms with van der Waals surface area (Å²) >= 11 is 1.59. The maximum Gasteiger partial charge on any atom is 0.238 e. The van der Waals surface area contributed by atoms with Crippen LogP contribution in [0.15, 0.2) is 77.8 Å². The number of hydrogen-bond donors (Lipinski definition) is 2. The normalized spacial score (nSPS) is 13.7. The molecule has 1 saturated carbocycles. The molecule has 3 N–H and O–H groups in total. The lowest BCUT2D eigenvalue weighted by atomic mass is 10.2. The first-order valence-electron chi connectivity index (χ1n) is 10.1. The minimum Gasteiger partial charge on any atom is -0.444 e. The van der Waals surface area contributed by atoms with Crippen LogP contribution in [0, 0.1) is 0 Å². The van der Waals surface area contributed by atoms with Crippen LogP contribution in [0.2, 0.25) is 0 Å². The van der Waals surface area contributed by atoms with Gasteiger partial charge in [-0.05, 0) is 43.2 Å². The van der Waals surface area contributed by atoms with E-state index in [0.29, 0.717) is 23.2 Å². The number of aromatic nitrogens is 2. The van der Waals surface area contributed by atoms with E-state index in [2.05, 4.69) is 10.3 Å². The van der Waals surface area contributed by atoms with Crippen LogP contribution in [-0.2, 0) is 10.0 Å². The molecule has 2 aromatic heterocycles. The van der Waals surface area contributed by atoms with Crippen LogP contribution in [0.25, 0.3) is 11.3 Å². The lowest BCUT2D eigenvalue weighted by Gasteiger charge is -2.09. The van der Waals surface area contributed by atoms with Crippen molar-refractivity contribution in [1.29, 1.82) is 0 Å². The maximum atomic E-state index is 11.4. The van der Waals surface area contributed by atoms with E-state index >= 15 is 0 Å². The van der Waals surface area contributed by atoms with Gasteiger partial charge in [0.05, 0.1) is 4.90 Å². The number of nitrogens with one attached hydrogen (secondary N) is 1. The van der Waals surface area contributed by atoms with Crippen molar-refractivity contribution in [3.63, 3.8) is 0 Å². The van der Waals surface area contributed by atoms with E-state index in [0.717, 1.165) is 21.3 Å². The van der Waals surface area contributed by atoms with E-state index in [4.69, 9.17) is 14.9 Å². The molecule has 0 aliphatic heterocycles. The second-order valence-electron chi connectivity index (χ2n) is 7.50. The summed E-state index contributed by atoms with van der Waals surface area (Å²) in [6, 6.07) is 19.8. The van der Waals surface area contributed by atoms with E-state index in [1.807, 2.05) is 30.3 Å². The van der Waals surface area contributed by atoms with E-state index in [1.54, 1.807) is 41.8 Å². The van der Waals surface area contributed by atoms with E-state index in [1.165, 1.54) is 25.0 Å². The van der Waals surface area contributed by atoms with Crippen LogP contribution >= 0.6 is 11.3 Å². The Balaban J connectivity index is 1.39. The monoisotopic (exact) mass is 464 g/mol. The molecule has 0 spiro atoms. The highest BCUT2D eigenvalue weighted by Gasteiger charge is 2.29. The molecule has 1 aliphatic rings. The third-order valence-electron chi connectivity index (χ3n) is 4.98. The number of primary sulfonamides is 1. The molecule has 162 valence electrons. The molecular formula is C23H20N4O3S2. The lowest BCUT2D eigenvalue weighted by molar-refractivity contribution is 0.496. The van der Waals surface area contributed by atoms with Crippen molar-refractivity contribution >= 4 is 32.9 Å². The topological polar surface area (TPSA) is 107 Å². The predicted octanol–water partition coefficient (Wildman–Crippen LogP) is 5.27. The van der Waals surface area contributed by atoms with Gasteiger partial charge in [-0.3, -0.25) is 0 Å². The standard InChI is InChI=1S/C23H20N4O3S2/c24-32(28,29)19-10-8-17(9-11-19)26-20-14-18(12-13-25-20)30-23-21(15-4-2-1-3-5-15)27-22(31-23)16-6-7-16/h1-5,8-14,16H,6-7H2,(H,25,26)(H2,24,28,29). The molecule has 2 aromatic carbocycles. The van der Waals surface area contributed by atoms with Crippen molar-refractivity contribution < 1.29 is 13.2 Å². The highest BCUT2D eigenvalue weighted by Crippen LogP contribution is 2.48. The molecule has 0 radical (unpaired) electrons. The highest BCUT2D eigenvalue weighted by atomic mass is 32.2. The molecule has 0 unspecified atom stereocenters. The van der Waals surface area contributed by atoms with Gasteiger partial charge < -0.3 is 10.1 Å². The molecule has 5 rings (SSSR count). The van der Waals surface area contributed by atoms with Crippen molar-refractivity contribution in [3.05, 3.63) is 77.9 Å². The van der Waals surface area contributed by atoms with Gasteiger partial charge in [0.1, 0.15) is 22.3 Å². The number of pyridine rings is 1. The minimum absolute atomic E-state index is 0.0539. The molecule has 1 fully saturated rings. The predicted molar refractivity (Wildman–Crippen MR) is 125 cm³/mol. The summed E-state index contributed by atoms with van der Waals surface area (Å²) in [5.74, 6) is 1.74. The molecule has 32 heavy (non-hydrogen) atoms. The smallest absolute Gasteiger partial charge is 0.238 e. The van der Waals surface area contributed by atoms with Crippen LogP contribution in [0.3, 0.4) is 0 Å². The lowest BCUT2D eigenvalue weighted by Crippen LogP contribution is -2.11. The zero-order valence-electron chi connectivity index (χ0n) is 16.9. The molecule has 0 bridgehead atoms. The van der Waals surface area contributed by atoms with Gasteiger partial charge in [0, 0.05) is 29.4 Å². The van der Waals surface area contributed by atoms with Crippen molar-refractivity contribution in [1.82, 2.24) is 9.97 Å². The third kappa shape index (κ3) is 4.64. The SMILES string of the molecule is NS(=O)(=O)c1ccc(Nc2cc(Oc3sc(C4CC4)nc3-c3ccccc3)ccn2)cc1. The first-order valence-corrected chi connectivity index (χ1v) is 12.4. The Morgan fingerprint density at radius 3 is 2.47 bits per heavy atom. The van der Waals surface area contributed by atoms with Crippen LogP contribution in [0.4, 0.5) is 11.5 Å². The van der Waals surface area contributed by atoms with Gasteiger partial charge in [-0.1, -0.05) is 41.7 Å². The molecule has 0 saturated heterocycles. The Labute approximate surface area is 190 Å². The molecule has 0 amide bonds. The van der Waals surface area contributed by atoms with Crippen molar-refractivity contribution in [2.24, 2.45) is 5.14 Å². The number of thiazole rings is 1. The number of rotatable bonds is 7. The van der Waals surface area contributed by atoms with Gasteiger partial charge in [-0.15, -0.1) is 0 Å². The first-order chi connectivity index (χ1) is 15.5. The Kier molecular flexibility index (Phi) is 5.38. The summed E-state index contributed by atoms with van der Waals surface area (Å²) in [7, 11) is -3.73. The summed E-state index contributed by atoms with van der Waals surface area (Å²) in [5.41, 5.74) is 2.55. The fourth-order valence-electron chi connectivity index (χ4n) is 3.20. The molecule has 9 heteroatoms. The quantitative estimate of drug-likeness (QED) is 0.386. The Morgan fingerprint density at radius 2 is 1.78 bits per heavy atom. The van der Waals surface area contributed by atoms with Crippen LogP contribution in [0.5, 0.6) is 10.8 Å². The minimum atomic E-state index is -3.73. The summed E-state index contributed by atoms with van der Waals surface area (Å²) in [6.07, 6.45) is 4.00. The van der Waals surface area contributed by atoms with E-state index < -0.39 is 10.0 Å². The Hall–Kier alpha value is -3.27. The largest absolute Gasteiger partial charge is 0.444 e. The number of ether oxygens (including phenoxy) is 1. The van der Waals surface area contributed by atoms with Gasteiger partial charge in [-0.2, -0.15) is 0 Å². The van der Waals surface area contributed by atoms with Gasteiger partial charge >= 0.3 is 0 Å². The molecule has 0 atom stereocenters. The molecule has 4 aromatic rings. The third-order valence-corrected chi connectivity index (χ3v) is 7.01. The number of sulfonamides is 1. The summed E-state index contributed by atoms with van der Waals surface area (Å²) in [5, 5.41) is 10.2. The fourth-order valence-corrected chi connectivity index (χ4v) is 4.84.